The van der Waals surface area contributed by atoms with Crippen molar-refractivity contribution in [1.82, 2.24) is 15.5 Å². The normalized spacial score (nSPS) is 10.2. The average molecular weight is 350 g/mol. The third-order valence-corrected chi connectivity index (χ3v) is 3.83. The lowest BCUT2D eigenvalue weighted by Gasteiger charge is -2.21. The molecule has 0 radical (unpaired) electrons. The molecule has 1 aromatic carbocycles. The van der Waals surface area contributed by atoms with Crippen LogP contribution in [0.15, 0.2) is 47.1 Å². The fourth-order valence-electron chi connectivity index (χ4n) is 2.12. The molecule has 3 amide bonds. The fourth-order valence-corrected chi connectivity index (χ4v) is 2.31. The minimum Gasteiger partial charge on any atom is -0.467 e. The molecule has 6 nitrogen and oxygen atoms in total. The molecule has 128 valence electrons. The van der Waals surface area contributed by atoms with Gasteiger partial charge in [0, 0.05) is 18.1 Å². The van der Waals surface area contributed by atoms with E-state index in [1.54, 1.807) is 23.1 Å². The van der Waals surface area contributed by atoms with Crippen LogP contribution < -0.4 is 10.6 Å². The number of carbonyl (C=O) groups excluding carboxylic acids is 2. The maximum absolute atomic E-state index is 12.2. The van der Waals surface area contributed by atoms with Crippen molar-refractivity contribution >= 4 is 23.5 Å². The molecule has 2 rings (SSSR count). The van der Waals surface area contributed by atoms with Gasteiger partial charge in [-0.3, -0.25) is 4.79 Å². The fraction of sp³-hybridized carbons (Fsp3) is 0.294. The van der Waals surface area contributed by atoms with E-state index in [0.29, 0.717) is 23.9 Å². The van der Waals surface area contributed by atoms with Crippen molar-refractivity contribution in [1.29, 1.82) is 0 Å². The van der Waals surface area contributed by atoms with E-state index in [2.05, 4.69) is 10.6 Å². The summed E-state index contributed by atoms with van der Waals surface area (Å²) in [7, 11) is 0. The van der Waals surface area contributed by atoms with E-state index in [9.17, 15) is 9.59 Å². The molecule has 0 saturated carbocycles. The number of rotatable bonds is 7. The Labute approximate surface area is 145 Å². The van der Waals surface area contributed by atoms with Gasteiger partial charge in [-0.2, -0.15) is 0 Å². The maximum Gasteiger partial charge on any atom is 0.315 e. The first-order valence-corrected chi connectivity index (χ1v) is 8.03. The Balaban J connectivity index is 1.79. The van der Waals surface area contributed by atoms with Crippen molar-refractivity contribution < 1.29 is 14.0 Å². The number of hydrogen-bond donors (Lipinski definition) is 2. The molecule has 0 unspecified atom stereocenters. The SMILES string of the molecule is CCN(Cc1ccccc1Cl)C(=O)CNC(=O)NCc1ccco1. The maximum atomic E-state index is 12.2. The second-order valence-corrected chi connectivity index (χ2v) is 5.52. The van der Waals surface area contributed by atoms with Crippen molar-refractivity contribution in [2.75, 3.05) is 13.1 Å². The van der Waals surface area contributed by atoms with E-state index in [0.717, 1.165) is 5.56 Å². The Kier molecular flexibility index (Phi) is 6.69. The number of nitrogens with one attached hydrogen (secondary N) is 2. The molecular formula is C17H20ClN3O3. The van der Waals surface area contributed by atoms with Crippen LogP contribution in [0.3, 0.4) is 0 Å². The van der Waals surface area contributed by atoms with Gasteiger partial charge >= 0.3 is 6.03 Å². The van der Waals surface area contributed by atoms with Crippen LogP contribution in [-0.4, -0.2) is 29.9 Å². The zero-order chi connectivity index (χ0) is 17.4. The minimum atomic E-state index is -0.423. The first-order valence-electron chi connectivity index (χ1n) is 7.65. The van der Waals surface area contributed by atoms with Gasteiger partial charge in [0.1, 0.15) is 5.76 Å². The molecule has 2 aromatic rings. The Hall–Kier alpha value is -2.47. The summed E-state index contributed by atoms with van der Waals surface area (Å²) in [5, 5.41) is 5.78. The average Bonchev–Trinajstić information content (AvgIpc) is 3.10. The Morgan fingerprint density at radius 1 is 1.17 bits per heavy atom. The summed E-state index contributed by atoms with van der Waals surface area (Å²) >= 11 is 6.12. The molecule has 0 aliphatic rings. The number of nitrogens with zero attached hydrogens (tertiary/aromatic N) is 1. The van der Waals surface area contributed by atoms with E-state index < -0.39 is 6.03 Å². The molecule has 7 heteroatoms. The summed E-state index contributed by atoms with van der Waals surface area (Å²) in [5.74, 6) is 0.468. The first kappa shape index (κ1) is 17.9. The largest absolute Gasteiger partial charge is 0.467 e. The van der Waals surface area contributed by atoms with Crippen molar-refractivity contribution in [3.8, 4) is 0 Å². The second kappa shape index (κ2) is 8.98. The van der Waals surface area contributed by atoms with E-state index >= 15 is 0 Å². The van der Waals surface area contributed by atoms with Crippen LogP contribution in [0.2, 0.25) is 5.02 Å². The number of halogens is 1. The number of carbonyl (C=O) groups is 2. The summed E-state index contributed by atoms with van der Waals surface area (Å²) in [6.45, 7) is 3.00. The second-order valence-electron chi connectivity index (χ2n) is 5.11. The third kappa shape index (κ3) is 5.31. The van der Waals surface area contributed by atoms with Gasteiger partial charge in [0.15, 0.2) is 0 Å². The molecule has 0 aliphatic carbocycles. The molecule has 1 aromatic heterocycles. The highest BCUT2D eigenvalue weighted by atomic mass is 35.5. The Bertz CT molecular complexity index is 673. The van der Waals surface area contributed by atoms with Crippen molar-refractivity contribution in [2.24, 2.45) is 0 Å². The summed E-state index contributed by atoms with van der Waals surface area (Å²) in [6.07, 6.45) is 1.53. The molecule has 0 atom stereocenters. The molecule has 0 aliphatic heterocycles. The van der Waals surface area contributed by atoms with Crippen molar-refractivity contribution in [3.05, 3.63) is 59.0 Å². The van der Waals surface area contributed by atoms with Gasteiger partial charge in [-0.1, -0.05) is 29.8 Å². The van der Waals surface area contributed by atoms with Gasteiger partial charge < -0.3 is 20.0 Å². The highest BCUT2D eigenvalue weighted by Gasteiger charge is 2.14. The smallest absolute Gasteiger partial charge is 0.315 e. The Morgan fingerprint density at radius 2 is 1.96 bits per heavy atom. The van der Waals surface area contributed by atoms with Gasteiger partial charge in [0.25, 0.3) is 0 Å². The lowest BCUT2D eigenvalue weighted by atomic mass is 10.2. The van der Waals surface area contributed by atoms with Crippen LogP contribution in [-0.2, 0) is 17.9 Å². The lowest BCUT2D eigenvalue weighted by molar-refractivity contribution is -0.130. The van der Waals surface area contributed by atoms with E-state index in [4.69, 9.17) is 16.0 Å². The van der Waals surface area contributed by atoms with Gasteiger partial charge in [0.2, 0.25) is 5.91 Å². The van der Waals surface area contributed by atoms with Crippen LogP contribution in [0.4, 0.5) is 4.79 Å². The quantitative estimate of drug-likeness (QED) is 0.807. The number of furan rings is 1. The molecule has 0 spiro atoms. The summed E-state index contributed by atoms with van der Waals surface area (Å²) in [4.78, 5) is 25.6. The van der Waals surface area contributed by atoms with Gasteiger partial charge in [0.05, 0.1) is 19.4 Å². The highest BCUT2D eigenvalue weighted by molar-refractivity contribution is 6.31. The number of amides is 3. The Morgan fingerprint density at radius 3 is 2.62 bits per heavy atom. The predicted octanol–water partition coefficient (Wildman–Crippen LogP) is 2.78. The van der Waals surface area contributed by atoms with E-state index in [1.165, 1.54) is 6.26 Å². The zero-order valence-corrected chi connectivity index (χ0v) is 14.2. The third-order valence-electron chi connectivity index (χ3n) is 3.46. The predicted molar refractivity (Wildman–Crippen MR) is 91.5 cm³/mol. The van der Waals surface area contributed by atoms with E-state index in [1.807, 2.05) is 25.1 Å². The zero-order valence-electron chi connectivity index (χ0n) is 13.4. The summed E-state index contributed by atoms with van der Waals surface area (Å²) < 4.78 is 5.11. The van der Waals surface area contributed by atoms with Crippen molar-refractivity contribution in [2.45, 2.75) is 20.0 Å². The standard InChI is InChI=1S/C17H20ClN3O3/c1-2-21(12-13-6-3-4-8-15(13)18)16(22)11-20-17(23)19-10-14-7-5-9-24-14/h3-9H,2,10-12H2,1H3,(H2,19,20,23). The summed E-state index contributed by atoms with van der Waals surface area (Å²) in [5.41, 5.74) is 0.872. The van der Waals surface area contributed by atoms with Gasteiger partial charge in [-0.05, 0) is 30.7 Å². The number of urea groups is 1. The number of benzene rings is 1. The first-order chi connectivity index (χ1) is 11.6. The number of hydrogen-bond acceptors (Lipinski definition) is 3. The van der Waals surface area contributed by atoms with Crippen LogP contribution in [0.25, 0.3) is 0 Å². The summed E-state index contributed by atoms with van der Waals surface area (Å²) in [6, 6.07) is 10.5. The van der Waals surface area contributed by atoms with Crippen LogP contribution in [0.1, 0.15) is 18.2 Å². The molecule has 1 heterocycles. The topological polar surface area (TPSA) is 74.6 Å². The van der Waals surface area contributed by atoms with Crippen molar-refractivity contribution in [3.63, 3.8) is 0 Å². The highest BCUT2D eigenvalue weighted by Crippen LogP contribution is 2.16. The van der Waals surface area contributed by atoms with Crippen LogP contribution in [0.5, 0.6) is 0 Å². The van der Waals surface area contributed by atoms with Crippen LogP contribution >= 0.6 is 11.6 Å². The van der Waals surface area contributed by atoms with Crippen LogP contribution in [0, 0.1) is 0 Å². The molecule has 0 bridgehead atoms. The molecular weight excluding hydrogens is 330 g/mol. The minimum absolute atomic E-state index is 0.0811. The molecule has 0 fully saturated rings. The molecule has 2 N–H and O–H groups in total. The van der Waals surface area contributed by atoms with Gasteiger partial charge in [-0.15, -0.1) is 0 Å². The monoisotopic (exact) mass is 349 g/mol. The van der Waals surface area contributed by atoms with E-state index in [-0.39, 0.29) is 19.0 Å². The lowest BCUT2D eigenvalue weighted by Crippen LogP contribution is -2.43. The molecule has 0 saturated heterocycles. The molecule has 24 heavy (non-hydrogen) atoms. The number of likely N-dealkylation sites (N-methyl/N-ethyl adjacent to an activating group) is 1. The van der Waals surface area contributed by atoms with Gasteiger partial charge in [-0.25, -0.2) is 4.79 Å².